The molecule has 2 aliphatic rings. The second-order valence-corrected chi connectivity index (χ2v) is 8.39. The van der Waals surface area contributed by atoms with Crippen LogP contribution in [0.1, 0.15) is 64.7 Å². The number of nitrogens with two attached hydrogens (primary N) is 1. The molecule has 5 nitrogen and oxygen atoms in total. The van der Waals surface area contributed by atoms with Gasteiger partial charge in [0.25, 0.3) is 5.91 Å². The van der Waals surface area contributed by atoms with E-state index >= 15 is 0 Å². The minimum atomic E-state index is -0.0734. The van der Waals surface area contributed by atoms with Gasteiger partial charge in [0, 0.05) is 31.5 Å². The van der Waals surface area contributed by atoms with Crippen LogP contribution in [-0.4, -0.2) is 28.7 Å². The molecule has 2 aromatic carbocycles. The molecule has 1 fully saturated rings. The fourth-order valence-corrected chi connectivity index (χ4v) is 4.73. The van der Waals surface area contributed by atoms with E-state index in [0.29, 0.717) is 30.3 Å². The second kappa shape index (κ2) is 7.90. The molecule has 0 atom stereocenters. The molecule has 0 saturated heterocycles. The molecule has 1 heterocycles. The van der Waals surface area contributed by atoms with Crippen molar-refractivity contribution in [1.29, 1.82) is 0 Å². The summed E-state index contributed by atoms with van der Waals surface area (Å²) in [5.41, 5.74) is 12.5. The van der Waals surface area contributed by atoms with Crippen LogP contribution in [0, 0.1) is 12.8 Å². The number of phenols is 1. The minimum Gasteiger partial charge on any atom is -0.508 e. The van der Waals surface area contributed by atoms with Gasteiger partial charge in [0.05, 0.1) is 5.56 Å². The summed E-state index contributed by atoms with van der Waals surface area (Å²) in [7, 11) is 1.84. The molecule has 1 saturated carbocycles. The van der Waals surface area contributed by atoms with Crippen molar-refractivity contribution < 1.29 is 9.90 Å². The summed E-state index contributed by atoms with van der Waals surface area (Å²) in [4.78, 5) is 19.6. The van der Waals surface area contributed by atoms with E-state index < -0.39 is 0 Å². The van der Waals surface area contributed by atoms with Crippen LogP contribution in [-0.2, 0) is 13.1 Å². The number of nitrogen functional groups attached to an aromatic ring is 1. The van der Waals surface area contributed by atoms with Gasteiger partial charge < -0.3 is 15.7 Å². The fourth-order valence-electron chi connectivity index (χ4n) is 4.73. The third kappa shape index (κ3) is 3.86. The van der Waals surface area contributed by atoms with Crippen molar-refractivity contribution in [3.8, 4) is 5.75 Å². The van der Waals surface area contributed by atoms with Gasteiger partial charge in [0.2, 0.25) is 0 Å². The van der Waals surface area contributed by atoms with Crippen LogP contribution >= 0.6 is 0 Å². The molecule has 0 radical (unpaired) electrons. The van der Waals surface area contributed by atoms with Crippen LogP contribution < -0.4 is 5.73 Å². The Morgan fingerprint density at radius 3 is 2.59 bits per heavy atom. The number of anilines is 1. The maximum absolute atomic E-state index is 13.3. The van der Waals surface area contributed by atoms with Gasteiger partial charge in [0.1, 0.15) is 5.75 Å². The molecule has 1 aliphatic heterocycles. The first-order chi connectivity index (χ1) is 14.0. The molecular weight excluding hydrogens is 362 g/mol. The number of hydrogen-bond acceptors (Lipinski definition) is 4. The van der Waals surface area contributed by atoms with E-state index in [1.807, 2.05) is 32.2 Å². The lowest BCUT2D eigenvalue weighted by atomic mass is 9.92. The number of hydrogen-bond donors (Lipinski definition) is 2. The Balaban J connectivity index is 1.60. The monoisotopic (exact) mass is 391 g/mol. The summed E-state index contributed by atoms with van der Waals surface area (Å²) in [5, 5.41) is 9.72. The van der Waals surface area contributed by atoms with E-state index in [1.165, 1.54) is 25.7 Å². The highest BCUT2D eigenvalue weighted by atomic mass is 16.3. The largest absolute Gasteiger partial charge is 0.508 e. The van der Waals surface area contributed by atoms with Crippen molar-refractivity contribution in [3.05, 3.63) is 58.1 Å². The molecule has 0 bridgehead atoms. The highest BCUT2D eigenvalue weighted by molar-refractivity contribution is 6.06. The Labute approximate surface area is 172 Å². The smallest absolute Gasteiger partial charge is 0.256 e. The summed E-state index contributed by atoms with van der Waals surface area (Å²) in [5.74, 6) is 0.840. The molecular formula is C24H29N3O2. The maximum atomic E-state index is 13.3. The summed E-state index contributed by atoms with van der Waals surface area (Å²) in [6.07, 6.45) is 6.09. The van der Waals surface area contributed by atoms with Gasteiger partial charge >= 0.3 is 0 Å². The molecule has 5 heteroatoms. The van der Waals surface area contributed by atoms with Crippen molar-refractivity contribution in [3.63, 3.8) is 0 Å². The summed E-state index contributed by atoms with van der Waals surface area (Å²) < 4.78 is 0. The third-order valence-corrected chi connectivity index (χ3v) is 6.36. The number of nitrogens with zero attached hydrogens (tertiary/aromatic N) is 2. The molecule has 152 valence electrons. The van der Waals surface area contributed by atoms with E-state index in [0.717, 1.165) is 34.4 Å². The van der Waals surface area contributed by atoms with Gasteiger partial charge in [-0.25, -0.2) is 0 Å². The predicted octanol–water partition coefficient (Wildman–Crippen LogP) is 4.44. The topological polar surface area (TPSA) is 78.9 Å². The fraction of sp³-hybridized carbons (Fsp3) is 0.417. The molecule has 4 rings (SSSR count). The predicted molar refractivity (Wildman–Crippen MR) is 116 cm³/mol. The normalized spacial score (nSPS) is 17.0. The standard InChI is InChI=1S/C24H29N3O2/c1-15-9-22(25)21(12-20(15)23(26-2)10-16-5-3-4-6-16)24(29)27-13-17-7-8-19(28)11-18(17)14-27/h7-9,11-12,16,28H,3-6,10,13-14,25H2,1-2H3. The highest BCUT2D eigenvalue weighted by Crippen LogP contribution is 2.32. The molecule has 29 heavy (non-hydrogen) atoms. The van der Waals surface area contributed by atoms with Crippen molar-refractivity contribution in [2.45, 2.75) is 52.1 Å². The Bertz CT molecular complexity index is 974. The molecule has 3 N–H and O–H groups in total. The van der Waals surface area contributed by atoms with Crippen molar-refractivity contribution in [2.75, 3.05) is 12.8 Å². The number of carbonyl (C=O) groups is 1. The summed E-state index contributed by atoms with van der Waals surface area (Å²) in [6, 6.07) is 9.11. The van der Waals surface area contributed by atoms with Gasteiger partial charge in [-0.3, -0.25) is 9.79 Å². The van der Waals surface area contributed by atoms with Gasteiger partial charge in [-0.1, -0.05) is 31.7 Å². The number of carbonyl (C=O) groups excluding carboxylic acids is 1. The van der Waals surface area contributed by atoms with Gasteiger partial charge in [-0.2, -0.15) is 0 Å². The average Bonchev–Trinajstić information content (AvgIpc) is 3.35. The maximum Gasteiger partial charge on any atom is 0.256 e. The van der Waals surface area contributed by atoms with E-state index in [-0.39, 0.29) is 11.7 Å². The first-order valence-electron chi connectivity index (χ1n) is 10.4. The van der Waals surface area contributed by atoms with Gasteiger partial charge in [0.15, 0.2) is 0 Å². The minimum absolute atomic E-state index is 0.0734. The average molecular weight is 392 g/mol. The van der Waals surface area contributed by atoms with E-state index in [2.05, 4.69) is 4.99 Å². The lowest BCUT2D eigenvalue weighted by Gasteiger charge is -2.20. The number of aryl methyl sites for hydroxylation is 1. The lowest BCUT2D eigenvalue weighted by Crippen LogP contribution is -2.26. The van der Waals surface area contributed by atoms with Crippen molar-refractivity contribution in [2.24, 2.45) is 10.9 Å². The highest BCUT2D eigenvalue weighted by Gasteiger charge is 2.27. The van der Waals surface area contributed by atoms with Crippen molar-refractivity contribution in [1.82, 2.24) is 4.90 Å². The Morgan fingerprint density at radius 1 is 1.14 bits per heavy atom. The Hall–Kier alpha value is -2.82. The summed E-state index contributed by atoms with van der Waals surface area (Å²) >= 11 is 0. The van der Waals surface area contributed by atoms with Crippen LogP contribution in [0.25, 0.3) is 0 Å². The summed E-state index contributed by atoms with van der Waals surface area (Å²) in [6.45, 7) is 3.06. The van der Waals surface area contributed by atoms with Crippen LogP contribution in [0.2, 0.25) is 0 Å². The number of fused-ring (bicyclic) bond motifs is 1. The quantitative estimate of drug-likeness (QED) is 0.597. The zero-order valence-electron chi connectivity index (χ0n) is 17.2. The molecule has 0 unspecified atom stereocenters. The molecule has 1 amide bonds. The van der Waals surface area contributed by atoms with Gasteiger partial charge in [-0.05, 0) is 65.8 Å². The third-order valence-electron chi connectivity index (χ3n) is 6.36. The number of phenolic OH excluding ortho intramolecular Hbond substituents is 1. The van der Waals surface area contributed by atoms with E-state index in [1.54, 1.807) is 17.0 Å². The zero-order chi connectivity index (χ0) is 20.5. The Morgan fingerprint density at radius 2 is 1.86 bits per heavy atom. The Kier molecular flexibility index (Phi) is 5.31. The first-order valence-corrected chi connectivity index (χ1v) is 10.4. The van der Waals surface area contributed by atoms with Crippen molar-refractivity contribution >= 4 is 17.3 Å². The number of amides is 1. The van der Waals surface area contributed by atoms with E-state index in [4.69, 9.17) is 5.73 Å². The molecule has 0 aromatic heterocycles. The van der Waals surface area contributed by atoms with Gasteiger partial charge in [-0.15, -0.1) is 0 Å². The number of rotatable bonds is 4. The van der Waals surface area contributed by atoms with Crippen LogP contribution in [0.5, 0.6) is 5.75 Å². The molecule has 2 aromatic rings. The van der Waals surface area contributed by atoms with Crippen LogP contribution in [0.3, 0.4) is 0 Å². The van der Waals surface area contributed by atoms with Crippen LogP contribution in [0.15, 0.2) is 35.3 Å². The molecule has 0 spiro atoms. The van der Waals surface area contributed by atoms with Crippen LogP contribution in [0.4, 0.5) is 5.69 Å². The SMILES string of the molecule is CN=C(CC1CCCC1)c1cc(C(=O)N2Cc3ccc(O)cc3C2)c(N)cc1C. The lowest BCUT2D eigenvalue weighted by molar-refractivity contribution is 0.0752. The molecule has 1 aliphatic carbocycles. The first kappa shape index (κ1) is 19.5. The zero-order valence-corrected chi connectivity index (χ0v) is 17.2. The number of aliphatic imine (C=N–C) groups is 1. The number of benzene rings is 2. The second-order valence-electron chi connectivity index (χ2n) is 8.39. The number of aromatic hydroxyl groups is 1. The van der Waals surface area contributed by atoms with E-state index in [9.17, 15) is 9.90 Å².